The summed E-state index contributed by atoms with van der Waals surface area (Å²) in [6, 6.07) is 10.4. The van der Waals surface area contributed by atoms with E-state index in [0.29, 0.717) is 17.4 Å². The van der Waals surface area contributed by atoms with Crippen LogP contribution in [0.25, 0.3) is 10.2 Å². The van der Waals surface area contributed by atoms with Crippen molar-refractivity contribution in [1.29, 1.82) is 0 Å². The second kappa shape index (κ2) is 10.6. The number of carbonyl (C=O) groups excluding carboxylic acids is 1. The lowest BCUT2D eigenvalue weighted by atomic mass is 10.1. The molecule has 2 aromatic carbocycles. The minimum Gasteiger partial charge on any atom is -0.497 e. The van der Waals surface area contributed by atoms with Crippen LogP contribution in [0, 0.1) is 13.8 Å². The maximum atomic E-state index is 13.2. The third-order valence-corrected chi connectivity index (χ3v) is 8.10. The monoisotopic (exact) mass is 489 g/mol. The molecule has 0 saturated heterocycles. The van der Waals surface area contributed by atoms with Crippen LogP contribution in [0.4, 0.5) is 5.13 Å². The lowest BCUT2D eigenvalue weighted by Crippen LogP contribution is -2.34. The van der Waals surface area contributed by atoms with E-state index in [4.69, 9.17) is 9.72 Å². The summed E-state index contributed by atoms with van der Waals surface area (Å²) in [5.41, 5.74) is 3.10. The molecule has 1 amide bonds. The van der Waals surface area contributed by atoms with E-state index < -0.39 is 9.84 Å². The number of carbonyl (C=O) groups is 1. The van der Waals surface area contributed by atoms with E-state index in [9.17, 15) is 13.2 Å². The Morgan fingerprint density at radius 3 is 2.42 bits per heavy atom. The van der Waals surface area contributed by atoms with E-state index in [1.807, 2.05) is 27.9 Å². The van der Waals surface area contributed by atoms with Crippen LogP contribution >= 0.6 is 11.3 Å². The standard InChI is InChI=1S/C24H31N3O4S2/c1-17-15-18(2)23-21(16-17)32-24(25-23)27(13-6-12-26(3)4)22(28)11-14-33(29,30)20-9-7-19(31-5)8-10-20/h7-10,15-16H,6,11-14H2,1-5H3. The Balaban J connectivity index is 1.81. The number of methoxy groups -OCH3 is 1. The van der Waals surface area contributed by atoms with Crippen molar-refractivity contribution in [3.05, 3.63) is 47.5 Å². The molecule has 3 aromatic rings. The highest BCUT2D eigenvalue weighted by Gasteiger charge is 2.23. The van der Waals surface area contributed by atoms with Gasteiger partial charge < -0.3 is 9.64 Å². The number of aryl methyl sites for hydroxylation is 2. The Hall–Kier alpha value is -2.49. The van der Waals surface area contributed by atoms with Crippen molar-refractivity contribution < 1.29 is 17.9 Å². The first kappa shape index (κ1) is 25.1. The van der Waals surface area contributed by atoms with Crippen LogP contribution in [0.2, 0.25) is 0 Å². The average molecular weight is 490 g/mol. The lowest BCUT2D eigenvalue weighted by Gasteiger charge is -2.21. The van der Waals surface area contributed by atoms with Crippen LogP contribution in [-0.2, 0) is 14.6 Å². The van der Waals surface area contributed by atoms with E-state index in [1.165, 1.54) is 30.6 Å². The second-order valence-electron chi connectivity index (χ2n) is 8.37. The van der Waals surface area contributed by atoms with E-state index in [1.54, 1.807) is 17.0 Å². The molecule has 178 valence electrons. The molecule has 0 aliphatic carbocycles. The molecule has 0 N–H and O–H groups in total. The summed E-state index contributed by atoms with van der Waals surface area (Å²) in [7, 11) is 1.90. The first-order valence-corrected chi connectivity index (χ1v) is 13.3. The number of nitrogens with zero attached hydrogens (tertiary/aromatic N) is 3. The molecular weight excluding hydrogens is 458 g/mol. The highest BCUT2D eigenvalue weighted by atomic mass is 32.2. The minimum absolute atomic E-state index is 0.107. The van der Waals surface area contributed by atoms with E-state index in [-0.39, 0.29) is 23.0 Å². The Labute approximate surface area is 199 Å². The number of rotatable bonds is 10. The Kier molecular flexibility index (Phi) is 8.10. The molecule has 0 unspecified atom stereocenters. The molecule has 0 aliphatic rings. The van der Waals surface area contributed by atoms with Crippen LogP contribution in [-0.4, -0.2) is 64.3 Å². The number of ether oxygens (including phenoxy) is 1. The topological polar surface area (TPSA) is 79.8 Å². The lowest BCUT2D eigenvalue weighted by molar-refractivity contribution is -0.118. The summed E-state index contributed by atoms with van der Waals surface area (Å²) in [5, 5.41) is 0.615. The van der Waals surface area contributed by atoms with Gasteiger partial charge in [0.2, 0.25) is 5.91 Å². The van der Waals surface area contributed by atoms with Gasteiger partial charge in [0.15, 0.2) is 15.0 Å². The van der Waals surface area contributed by atoms with E-state index in [0.717, 1.165) is 34.3 Å². The summed E-state index contributed by atoms with van der Waals surface area (Å²) >= 11 is 1.47. The van der Waals surface area contributed by atoms with Crippen LogP contribution in [0.1, 0.15) is 24.0 Å². The van der Waals surface area contributed by atoms with Gasteiger partial charge in [0.05, 0.1) is 28.0 Å². The molecule has 1 heterocycles. The molecule has 0 saturated carbocycles. The number of aromatic nitrogens is 1. The van der Waals surface area contributed by atoms with Crippen LogP contribution < -0.4 is 9.64 Å². The van der Waals surface area contributed by atoms with Gasteiger partial charge in [0.25, 0.3) is 0 Å². The summed E-state index contributed by atoms with van der Waals surface area (Å²) in [6.07, 6.45) is 0.655. The van der Waals surface area contributed by atoms with Crippen LogP contribution in [0.15, 0.2) is 41.3 Å². The van der Waals surface area contributed by atoms with Gasteiger partial charge in [-0.05, 0) is 82.4 Å². The van der Waals surface area contributed by atoms with Crippen molar-refractivity contribution in [1.82, 2.24) is 9.88 Å². The number of fused-ring (bicyclic) bond motifs is 1. The summed E-state index contributed by atoms with van der Waals surface area (Å²) in [5.74, 6) is 0.0866. The zero-order chi connectivity index (χ0) is 24.2. The fraction of sp³-hybridized carbons (Fsp3) is 0.417. The maximum Gasteiger partial charge on any atom is 0.229 e. The molecule has 33 heavy (non-hydrogen) atoms. The fourth-order valence-electron chi connectivity index (χ4n) is 3.60. The van der Waals surface area contributed by atoms with Gasteiger partial charge in [-0.1, -0.05) is 17.4 Å². The number of amides is 1. The molecule has 0 aliphatic heterocycles. The molecule has 9 heteroatoms. The maximum absolute atomic E-state index is 13.2. The van der Waals surface area contributed by atoms with Gasteiger partial charge in [0, 0.05) is 13.0 Å². The normalized spacial score (nSPS) is 11.8. The van der Waals surface area contributed by atoms with Gasteiger partial charge in [-0.25, -0.2) is 13.4 Å². The van der Waals surface area contributed by atoms with E-state index in [2.05, 4.69) is 17.0 Å². The summed E-state index contributed by atoms with van der Waals surface area (Å²) < 4.78 is 31.7. The van der Waals surface area contributed by atoms with Crippen molar-refractivity contribution in [2.24, 2.45) is 0 Å². The zero-order valence-electron chi connectivity index (χ0n) is 19.8. The Morgan fingerprint density at radius 2 is 1.79 bits per heavy atom. The molecule has 0 bridgehead atoms. The van der Waals surface area contributed by atoms with E-state index >= 15 is 0 Å². The average Bonchev–Trinajstić information content (AvgIpc) is 3.19. The number of hydrogen-bond acceptors (Lipinski definition) is 7. The number of benzene rings is 2. The van der Waals surface area contributed by atoms with Gasteiger partial charge in [-0.2, -0.15) is 0 Å². The number of hydrogen-bond donors (Lipinski definition) is 0. The van der Waals surface area contributed by atoms with Gasteiger partial charge in [-0.15, -0.1) is 0 Å². The zero-order valence-corrected chi connectivity index (χ0v) is 21.4. The van der Waals surface area contributed by atoms with Crippen LogP contribution in [0.5, 0.6) is 5.75 Å². The summed E-state index contributed by atoms with van der Waals surface area (Å²) in [4.78, 5) is 21.8. The molecular formula is C24H31N3O4S2. The molecule has 0 fully saturated rings. The summed E-state index contributed by atoms with van der Waals surface area (Å²) in [6.45, 7) is 5.35. The predicted octanol–water partition coefficient (Wildman–Crippen LogP) is 4.07. The molecule has 7 nitrogen and oxygen atoms in total. The largest absolute Gasteiger partial charge is 0.497 e. The highest BCUT2D eigenvalue weighted by molar-refractivity contribution is 7.91. The smallest absolute Gasteiger partial charge is 0.229 e. The first-order valence-electron chi connectivity index (χ1n) is 10.8. The number of thiazole rings is 1. The molecule has 1 aromatic heterocycles. The molecule has 0 atom stereocenters. The number of anilines is 1. The number of sulfone groups is 1. The fourth-order valence-corrected chi connectivity index (χ4v) is 6.02. The molecule has 3 rings (SSSR count). The first-order chi connectivity index (χ1) is 15.6. The SMILES string of the molecule is COc1ccc(S(=O)(=O)CCC(=O)N(CCCN(C)C)c2nc3c(C)cc(C)cc3s2)cc1. The second-order valence-corrected chi connectivity index (χ2v) is 11.5. The van der Waals surface area contributed by atoms with Crippen molar-refractivity contribution in [2.75, 3.05) is 44.9 Å². The van der Waals surface area contributed by atoms with Crippen molar-refractivity contribution in [3.8, 4) is 5.75 Å². The van der Waals surface area contributed by atoms with Crippen molar-refractivity contribution in [2.45, 2.75) is 31.6 Å². The highest BCUT2D eigenvalue weighted by Crippen LogP contribution is 2.32. The minimum atomic E-state index is -3.60. The molecule has 0 radical (unpaired) electrons. The molecule has 0 spiro atoms. The van der Waals surface area contributed by atoms with Gasteiger partial charge in [-0.3, -0.25) is 9.69 Å². The Morgan fingerprint density at radius 1 is 1.09 bits per heavy atom. The van der Waals surface area contributed by atoms with Crippen molar-refractivity contribution in [3.63, 3.8) is 0 Å². The quantitative estimate of drug-likeness (QED) is 0.427. The predicted molar refractivity (Wildman–Crippen MR) is 134 cm³/mol. The van der Waals surface area contributed by atoms with Crippen molar-refractivity contribution >= 4 is 42.4 Å². The van der Waals surface area contributed by atoms with Gasteiger partial charge >= 0.3 is 0 Å². The third-order valence-electron chi connectivity index (χ3n) is 5.34. The third kappa shape index (κ3) is 6.31. The Bertz CT molecular complexity index is 1220. The van der Waals surface area contributed by atoms with Gasteiger partial charge in [0.1, 0.15) is 5.75 Å². The van der Waals surface area contributed by atoms with Crippen LogP contribution in [0.3, 0.4) is 0 Å².